The summed E-state index contributed by atoms with van der Waals surface area (Å²) in [5.41, 5.74) is 0. The number of aliphatic carboxylic acids is 1. The molecule has 0 bridgehead atoms. The molecule has 40 valence electrons. The van der Waals surface area contributed by atoms with Gasteiger partial charge in [-0.1, -0.05) is 0 Å². The van der Waals surface area contributed by atoms with E-state index in [0.29, 0.717) is 0 Å². The summed E-state index contributed by atoms with van der Waals surface area (Å²) in [7, 11) is 0. The Hall–Kier alpha value is -0.610. The first-order chi connectivity index (χ1) is 1.73. The van der Waals surface area contributed by atoms with E-state index in [-0.39, 0.29) is 18.4 Å². The predicted molar refractivity (Wildman–Crippen MR) is 17.9 cm³/mol. The van der Waals surface area contributed by atoms with Gasteiger partial charge in [0, 0.05) is 6.92 Å². The molecule has 0 aromatic carbocycles. The van der Waals surface area contributed by atoms with Gasteiger partial charge in [-0.25, -0.2) is 0 Å². The van der Waals surface area contributed by atoms with E-state index in [2.05, 4.69) is 0 Å². The van der Waals surface area contributed by atoms with Crippen LogP contribution in [0.25, 0.3) is 0 Å². The van der Waals surface area contributed by atoms with E-state index in [1.807, 2.05) is 0 Å². The van der Waals surface area contributed by atoms with Gasteiger partial charge in [0.15, 0.2) is 0 Å². The van der Waals surface area contributed by atoms with Crippen molar-refractivity contribution in [1.29, 1.82) is 0 Å². The van der Waals surface area contributed by atoms with Crippen molar-refractivity contribution < 1.29 is 20.9 Å². The van der Waals surface area contributed by atoms with Crippen LogP contribution in [0.5, 0.6) is 0 Å². The first-order valence-corrected chi connectivity index (χ1v) is 0.928. The van der Waals surface area contributed by atoms with E-state index in [1.54, 1.807) is 0 Å². The van der Waals surface area contributed by atoms with Crippen molar-refractivity contribution in [3.63, 3.8) is 0 Å². The zero-order valence-electron chi connectivity index (χ0n) is 3.67. The SMILES string of the molecule is CC(=O)O.[C+4].[O-2].[O-2]. The minimum Gasteiger partial charge on any atom is -2.00 e. The second kappa shape index (κ2) is 18.2. The average Bonchev–Trinajstić information content (AvgIpc) is 0.811. The van der Waals surface area contributed by atoms with E-state index < -0.39 is 5.97 Å². The maximum absolute atomic E-state index is 9.00. The molecule has 0 amide bonds. The molecular weight excluding hydrogens is 100 g/mol. The number of hydrogen-bond acceptors (Lipinski definition) is 1. The van der Waals surface area contributed by atoms with E-state index in [4.69, 9.17) is 9.90 Å². The van der Waals surface area contributed by atoms with Crippen LogP contribution >= 0.6 is 0 Å². The Morgan fingerprint density at radius 1 is 1.43 bits per heavy atom. The molecule has 0 saturated carbocycles. The first kappa shape index (κ1) is 32.5. The Kier molecular flexibility index (Phi) is 84.4. The summed E-state index contributed by atoms with van der Waals surface area (Å²) >= 11 is 0. The molecule has 0 saturated heterocycles. The molecule has 0 aliphatic heterocycles. The van der Waals surface area contributed by atoms with Gasteiger partial charge in [-0.2, -0.15) is 0 Å². The van der Waals surface area contributed by atoms with Gasteiger partial charge >= 0.3 is 7.43 Å². The standard InChI is InChI=1S/C2H4O2.C.2O/c1-2(3)4;;;/h1H3,(H,3,4);;;/q;+4;2*-2. The number of carboxylic acid groups (broad SMARTS) is 1. The van der Waals surface area contributed by atoms with Gasteiger partial charge in [0.1, 0.15) is 0 Å². The van der Waals surface area contributed by atoms with Crippen molar-refractivity contribution in [3.05, 3.63) is 7.43 Å². The van der Waals surface area contributed by atoms with Gasteiger partial charge in [0.25, 0.3) is 5.97 Å². The number of hydrogen-bond donors (Lipinski definition) is 1. The molecule has 0 spiro atoms. The largest absolute Gasteiger partial charge is 4.00 e. The Morgan fingerprint density at radius 3 is 1.43 bits per heavy atom. The third-order valence-electron chi connectivity index (χ3n) is 0. The van der Waals surface area contributed by atoms with Crippen LogP contribution in [-0.2, 0) is 15.7 Å². The van der Waals surface area contributed by atoms with Crippen LogP contribution in [0.2, 0.25) is 0 Å². The zero-order chi connectivity index (χ0) is 3.58. The normalized spacial score (nSPS) is 3.57. The van der Waals surface area contributed by atoms with Crippen molar-refractivity contribution in [3.8, 4) is 0 Å². The van der Waals surface area contributed by atoms with E-state index in [1.165, 1.54) is 0 Å². The van der Waals surface area contributed by atoms with Gasteiger partial charge in [-0.15, -0.1) is 0 Å². The summed E-state index contributed by atoms with van der Waals surface area (Å²) in [6, 6.07) is 0. The van der Waals surface area contributed by atoms with Crippen LogP contribution < -0.4 is 0 Å². The molecule has 0 rings (SSSR count). The maximum atomic E-state index is 9.00. The van der Waals surface area contributed by atoms with Gasteiger partial charge in [0.2, 0.25) is 0 Å². The van der Waals surface area contributed by atoms with Gasteiger partial charge in [0.05, 0.1) is 0 Å². The Bertz CT molecular complexity index is 29.9. The Morgan fingerprint density at radius 2 is 1.43 bits per heavy atom. The van der Waals surface area contributed by atoms with Crippen molar-refractivity contribution in [2.45, 2.75) is 6.92 Å². The molecule has 0 radical (unpaired) electrons. The summed E-state index contributed by atoms with van der Waals surface area (Å²) in [5, 5.41) is 7.42. The van der Waals surface area contributed by atoms with Crippen LogP contribution in [0, 0.1) is 7.43 Å². The topological polar surface area (TPSA) is 94.3 Å². The third kappa shape index (κ3) is 166. The van der Waals surface area contributed by atoms with Gasteiger partial charge in [-0.3, -0.25) is 4.79 Å². The Balaban J connectivity index is -0.0000000150. The quantitative estimate of drug-likeness (QED) is 0.465. The molecule has 4 heteroatoms. The summed E-state index contributed by atoms with van der Waals surface area (Å²) in [6.45, 7) is 1.08. The average molecular weight is 104 g/mol. The second-order valence-corrected chi connectivity index (χ2v) is 0.519. The van der Waals surface area contributed by atoms with Crippen molar-refractivity contribution in [2.24, 2.45) is 0 Å². The first-order valence-electron chi connectivity index (χ1n) is 0.928. The summed E-state index contributed by atoms with van der Waals surface area (Å²) in [5.74, 6) is -0.833. The third-order valence-corrected chi connectivity index (χ3v) is 0. The van der Waals surface area contributed by atoms with Gasteiger partial charge < -0.3 is 16.1 Å². The fourth-order valence-electron chi connectivity index (χ4n) is 0. The Labute approximate surface area is 42.4 Å². The predicted octanol–water partition coefficient (Wildman–Crippen LogP) is -0.0654. The molecule has 0 aliphatic carbocycles. The molecule has 0 unspecified atom stereocenters. The van der Waals surface area contributed by atoms with Crippen LogP contribution in [0.4, 0.5) is 0 Å². The number of rotatable bonds is 0. The van der Waals surface area contributed by atoms with E-state index in [9.17, 15) is 0 Å². The molecule has 0 aromatic rings. The molecule has 0 aromatic heterocycles. The minimum absolute atomic E-state index is 0. The van der Waals surface area contributed by atoms with Crippen molar-refractivity contribution >= 4 is 5.97 Å². The molecule has 0 atom stereocenters. The fraction of sp³-hybridized carbons (Fsp3) is 0.333. The van der Waals surface area contributed by atoms with Crippen LogP contribution in [0.1, 0.15) is 6.92 Å². The number of carboxylic acids is 1. The smallest absolute Gasteiger partial charge is 2.00 e. The monoisotopic (exact) mass is 104 g/mol. The van der Waals surface area contributed by atoms with Crippen LogP contribution in [0.3, 0.4) is 0 Å². The molecule has 0 aliphatic rings. The zero-order valence-corrected chi connectivity index (χ0v) is 3.67. The van der Waals surface area contributed by atoms with Crippen molar-refractivity contribution in [1.82, 2.24) is 0 Å². The molecule has 0 heterocycles. The van der Waals surface area contributed by atoms with Crippen molar-refractivity contribution in [2.75, 3.05) is 0 Å². The fourth-order valence-corrected chi connectivity index (χ4v) is 0. The molecule has 7 heavy (non-hydrogen) atoms. The van der Waals surface area contributed by atoms with Crippen LogP contribution in [-0.4, -0.2) is 11.1 Å². The molecule has 1 N–H and O–H groups in total. The van der Waals surface area contributed by atoms with Crippen LogP contribution in [0.15, 0.2) is 0 Å². The van der Waals surface area contributed by atoms with Gasteiger partial charge in [-0.05, 0) is 0 Å². The molecular formula is C3H4O4. The second-order valence-electron chi connectivity index (χ2n) is 0.519. The maximum Gasteiger partial charge on any atom is 4.00 e. The number of carbonyl (C=O) groups is 1. The summed E-state index contributed by atoms with van der Waals surface area (Å²) in [4.78, 5) is 9.00. The summed E-state index contributed by atoms with van der Waals surface area (Å²) < 4.78 is 0. The molecule has 4 nitrogen and oxygen atoms in total. The minimum atomic E-state index is -0.833. The molecule has 0 fully saturated rings. The van der Waals surface area contributed by atoms with E-state index in [0.717, 1.165) is 6.92 Å². The van der Waals surface area contributed by atoms with E-state index >= 15 is 0 Å². The summed E-state index contributed by atoms with van der Waals surface area (Å²) in [6.07, 6.45) is 0.